The molecule has 0 saturated heterocycles. The predicted octanol–water partition coefficient (Wildman–Crippen LogP) is 4.35. The molecule has 0 aliphatic heterocycles. The molecule has 5 nitrogen and oxygen atoms in total. The molecule has 0 aliphatic carbocycles. The third kappa shape index (κ3) is 5.45. The van der Waals surface area contributed by atoms with Crippen LogP contribution in [0.3, 0.4) is 0 Å². The van der Waals surface area contributed by atoms with Gasteiger partial charge in [-0.15, -0.1) is 12.4 Å². The van der Waals surface area contributed by atoms with Crippen molar-refractivity contribution in [1.82, 2.24) is 4.72 Å². The van der Waals surface area contributed by atoms with E-state index >= 15 is 0 Å². The van der Waals surface area contributed by atoms with Gasteiger partial charge in [0.1, 0.15) is 0 Å². The van der Waals surface area contributed by atoms with Gasteiger partial charge in [0.05, 0.1) is 24.0 Å². The number of hydrogen-bond acceptors (Lipinski definition) is 4. The van der Waals surface area contributed by atoms with E-state index in [1.54, 1.807) is 55.5 Å². The molecule has 8 heteroatoms. The van der Waals surface area contributed by atoms with Gasteiger partial charge in [0.2, 0.25) is 10.0 Å². The van der Waals surface area contributed by atoms with E-state index < -0.39 is 22.0 Å². The zero-order valence-corrected chi connectivity index (χ0v) is 17.1. The Balaban J connectivity index is 0.00000338. The molecule has 0 unspecified atom stereocenters. The molecule has 2 aromatic carbocycles. The lowest BCUT2D eigenvalue weighted by atomic mass is 9.95. The first-order valence-electron chi connectivity index (χ1n) is 7.71. The van der Waals surface area contributed by atoms with E-state index in [1.807, 2.05) is 6.92 Å². The Hall–Kier alpha value is -1.60. The summed E-state index contributed by atoms with van der Waals surface area (Å²) in [6, 6.07) is 12.8. The van der Waals surface area contributed by atoms with Gasteiger partial charge in [-0.2, -0.15) is 0 Å². The largest absolute Gasteiger partial charge is 0.484 e. The summed E-state index contributed by atoms with van der Waals surface area (Å²) >= 11 is 5.92. The van der Waals surface area contributed by atoms with Gasteiger partial charge < -0.3 is 4.74 Å². The van der Waals surface area contributed by atoms with Crippen LogP contribution >= 0.6 is 24.0 Å². The molecule has 0 radical (unpaired) electrons. The van der Waals surface area contributed by atoms with Crippen LogP contribution in [0.15, 0.2) is 53.4 Å². The van der Waals surface area contributed by atoms with Crippen LogP contribution in [0.2, 0.25) is 5.02 Å². The first-order chi connectivity index (χ1) is 11.7. The fraction of sp³-hybridized carbons (Fsp3) is 0.278. The molecular formula is C18H22Cl2N2O3S. The second-order valence-electron chi connectivity index (χ2n) is 5.82. The van der Waals surface area contributed by atoms with Crippen molar-refractivity contribution in [2.75, 3.05) is 7.11 Å². The molecule has 2 N–H and O–H groups in total. The molecule has 0 fully saturated rings. The highest BCUT2D eigenvalue weighted by atomic mass is 35.5. The number of ether oxygens (including phenoxy) is 1. The fourth-order valence-corrected chi connectivity index (χ4v) is 3.85. The first-order valence-corrected chi connectivity index (χ1v) is 9.57. The molecule has 0 aromatic heterocycles. The maximum Gasteiger partial charge on any atom is 0.241 e. The van der Waals surface area contributed by atoms with E-state index in [9.17, 15) is 8.42 Å². The number of hydrogen-bond donors (Lipinski definition) is 2. The summed E-state index contributed by atoms with van der Waals surface area (Å²) in [5.41, 5.74) is 1.68. The van der Waals surface area contributed by atoms with Crippen molar-refractivity contribution in [2.45, 2.75) is 24.8 Å². The molecule has 0 heterocycles. The van der Waals surface area contributed by atoms with E-state index in [4.69, 9.17) is 21.7 Å². The molecule has 2 aromatic rings. The number of nitrogens with one attached hydrogen (secondary N) is 2. The highest BCUT2D eigenvalue weighted by Crippen LogP contribution is 2.27. The Bertz CT molecular complexity index is 838. The average Bonchev–Trinajstić information content (AvgIpc) is 2.59. The van der Waals surface area contributed by atoms with Gasteiger partial charge in [-0.3, -0.25) is 5.41 Å². The van der Waals surface area contributed by atoms with Gasteiger partial charge in [0, 0.05) is 5.02 Å². The number of aryl methyl sites for hydroxylation is 1. The SMILES string of the molecule is COC(=N)[C@@H](C)[C@@H](NS(=O)(=O)c1ccc(C)cc1)c1ccc(Cl)cc1.Cl. The van der Waals surface area contributed by atoms with Crippen LogP contribution in [-0.4, -0.2) is 21.4 Å². The van der Waals surface area contributed by atoms with Gasteiger partial charge in [-0.05, 0) is 36.8 Å². The minimum Gasteiger partial charge on any atom is -0.484 e. The molecule has 0 amide bonds. The van der Waals surface area contributed by atoms with Crippen molar-refractivity contribution in [3.63, 3.8) is 0 Å². The van der Waals surface area contributed by atoms with Crippen LogP contribution in [0.25, 0.3) is 0 Å². The first kappa shape index (κ1) is 22.4. The Kier molecular flexibility index (Phi) is 8.09. The fourth-order valence-electron chi connectivity index (χ4n) is 2.42. The lowest BCUT2D eigenvalue weighted by Gasteiger charge is -2.25. The monoisotopic (exact) mass is 416 g/mol. The molecular weight excluding hydrogens is 395 g/mol. The standard InChI is InChI=1S/C18H21ClN2O3S.ClH/c1-12-4-10-16(11-5-12)25(22,23)21-17(13(2)18(20)24-3)14-6-8-15(19)9-7-14;/h4-11,13,17,20-21H,1-3H3;1H/t13-,17+;/m0./s1. The second kappa shape index (κ2) is 9.37. The number of halogens is 2. The topological polar surface area (TPSA) is 79.2 Å². The molecule has 0 bridgehead atoms. The van der Waals surface area contributed by atoms with E-state index in [2.05, 4.69) is 4.72 Å². The van der Waals surface area contributed by atoms with Crippen molar-refractivity contribution in [1.29, 1.82) is 5.41 Å². The zero-order valence-electron chi connectivity index (χ0n) is 14.7. The molecule has 26 heavy (non-hydrogen) atoms. The minimum atomic E-state index is -3.76. The smallest absolute Gasteiger partial charge is 0.241 e. The zero-order chi connectivity index (χ0) is 18.6. The quantitative estimate of drug-likeness (QED) is 0.542. The second-order valence-corrected chi connectivity index (χ2v) is 7.97. The third-order valence-electron chi connectivity index (χ3n) is 3.98. The van der Waals surface area contributed by atoms with Crippen LogP contribution in [0, 0.1) is 18.3 Å². The molecule has 0 aliphatic rings. The summed E-state index contributed by atoms with van der Waals surface area (Å²) in [6.07, 6.45) is 0. The van der Waals surface area contributed by atoms with Crippen molar-refractivity contribution in [3.05, 3.63) is 64.7 Å². The normalized spacial score (nSPS) is 13.4. The summed E-state index contributed by atoms with van der Waals surface area (Å²) < 4.78 is 33.2. The molecule has 0 saturated carbocycles. The lowest BCUT2D eigenvalue weighted by molar-refractivity contribution is 0.346. The predicted molar refractivity (Wildman–Crippen MR) is 107 cm³/mol. The summed E-state index contributed by atoms with van der Waals surface area (Å²) in [4.78, 5) is 0.174. The van der Waals surface area contributed by atoms with Crippen LogP contribution in [0.1, 0.15) is 24.1 Å². The number of benzene rings is 2. The molecule has 0 spiro atoms. The Morgan fingerprint density at radius 3 is 2.15 bits per heavy atom. The van der Waals surface area contributed by atoms with Crippen molar-refractivity contribution in [3.8, 4) is 0 Å². The van der Waals surface area contributed by atoms with E-state index in [0.29, 0.717) is 10.6 Å². The minimum absolute atomic E-state index is 0. The number of sulfonamides is 1. The summed E-state index contributed by atoms with van der Waals surface area (Å²) in [5.74, 6) is -0.502. The highest BCUT2D eigenvalue weighted by molar-refractivity contribution is 7.89. The lowest BCUT2D eigenvalue weighted by Crippen LogP contribution is -2.35. The van der Waals surface area contributed by atoms with E-state index in [0.717, 1.165) is 5.56 Å². The summed E-state index contributed by atoms with van der Waals surface area (Å²) in [6.45, 7) is 3.63. The Morgan fingerprint density at radius 1 is 1.12 bits per heavy atom. The van der Waals surface area contributed by atoms with E-state index in [-0.39, 0.29) is 23.2 Å². The molecule has 2 rings (SSSR count). The van der Waals surface area contributed by atoms with Crippen molar-refractivity contribution in [2.24, 2.45) is 5.92 Å². The van der Waals surface area contributed by atoms with Crippen LogP contribution in [0.4, 0.5) is 0 Å². The van der Waals surface area contributed by atoms with Crippen LogP contribution in [0.5, 0.6) is 0 Å². The third-order valence-corrected chi connectivity index (χ3v) is 5.68. The van der Waals surface area contributed by atoms with Gasteiger partial charge in [0.25, 0.3) is 0 Å². The number of rotatable bonds is 6. The maximum absolute atomic E-state index is 12.8. The van der Waals surface area contributed by atoms with Crippen molar-refractivity contribution < 1.29 is 13.2 Å². The van der Waals surface area contributed by atoms with Gasteiger partial charge in [-0.1, -0.05) is 48.4 Å². The summed E-state index contributed by atoms with van der Waals surface area (Å²) in [7, 11) is -2.36. The average molecular weight is 417 g/mol. The van der Waals surface area contributed by atoms with Gasteiger partial charge in [-0.25, -0.2) is 13.1 Å². The van der Waals surface area contributed by atoms with Crippen molar-refractivity contribution >= 4 is 39.9 Å². The highest BCUT2D eigenvalue weighted by Gasteiger charge is 2.29. The molecule has 142 valence electrons. The van der Waals surface area contributed by atoms with Crippen LogP contribution in [-0.2, 0) is 14.8 Å². The molecule has 2 atom stereocenters. The Labute approximate surface area is 165 Å². The Morgan fingerprint density at radius 2 is 1.65 bits per heavy atom. The number of methoxy groups -OCH3 is 1. The summed E-state index contributed by atoms with van der Waals surface area (Å²) in [5, 5.41) is 8.48. The maximum atomic E-state index is 12.8. The van der Waals surface area contributed by atoms with Crippen LogP contribution < -0.4 is 4.72 Å². The van der Waals surface area contributed by atoms with Gasteiger partial charge in [0.15, 0.2) is 5.90 Å². The van der Waals surface area contributed by atoms with Gasteiger partial charge >= 0.3 is 0 Å². The van der Waals surface area contributed by atoms with E-state index in [1.165, 1.54) is 7.11 Å².